The molecule has 0 fully saturated rings. The van der Waals surface area contributed by atoms with Crippen molar-refractivity contribution in [1.29, 1.82) is 0 Å². The van der Waals surface area contributed by atoms with Crippen LogP contribution in [-0.2, 0) is 17.3 Å². The predicted molar refractivity (Wildman–Crippen MR) is 146 cm³/mol. The lowest BCUT2D eigenvalue weighted by Crippen LogP contribution is -2.12. The monoisotopic (exact) mass is 462 g/mol. The molecule has 0 atom stereocenters. The fourth-order valence-corrected chi connectivity index (χ4v) is 5.38. The minimum Gasteiger partial charge on any atom is -0.508 e. The third-order valence-corrected chi connectivity index (χ3v) is 7.20. The zero-order chi connectivity index (χ0) is 25.1. The fraction of sp³-hybridized carbons (Fsp3) is 0.273. The first-order valence-electron chi connectivity index (χ1n) is 12.4. The van der Waals surface area contributed by atoms with Crippen LogP contribution in [0.1, 0.15) is 63.8 Å². The number of fused-ring (bicyclic) bond motifs is 3. The van der Waals surface area contributed by atoms with Gasteiger partial charge < -0.3 is 10.2 Å². The van der Waals surface area contributed by atoms with Crippen molar-refractivity contribution in [2.24, 2.45) is 0 Å². The second kappa shape index (κ2) is 8.02. The Kier molecular flexibility index (Phi) is 5.32. The second-order valence-electron chi connectivity index (χ2n) is 11.8. The smallest absolute Gasteiger partial charge is 0.119 e. The van der Waals surface area contributed by atoms with Gasteiger partial charge in [-0.05, 0) is 97.2 Å². The summed E-state index contributed by atoms with van der Waals surface area (Å²) < 4.78 is 0. The molecule has 1 aliphatic rings. The van der Waals surface area contributed by atoms with Crippen molar-refractivity contribution < 1.29 is 10.2 Å². The Labute approximate surface area is 208 Å². The number of phenols is 2. The van der Waals surface area contributed by atoms with Crippen LogP contribution in [0.2, 0.25) is 0 Å². The summed E-state index contributed by atoms with van der Waals surface area (Å²) in [6.07, 6.45) is 0.880. The second-order valence-corrected chi connectivity index (χ2v) is 11.8. The van der Waals surface area contributed by atoms with Gasteiger partial charge in [0.25, 0.3) is 0 Å². The van der Waals surface area contributed by atoms with E-state index in [2.05, 4.69) is 90.1 Å². The summed E-state index contributed by atoms with van der Waals surface area (Å²) in [5.41, 5.74) is 11.3. The largest absolute Gasteiger partial charge is 0.508 e. The van der Waals surface area contributed by atoms with Gasteiger partial charge in [0, 0.05) is 0 Å². The molecule has 2 nitrogen and oxygen atoms in total. The zero-order valence-electron chi connectivity index (χ0n) is 21.5. The summed E-state index contributed by atoms with van der Waals surface area (Å²) in [6.45, 7) is 12.8. The summed E-state index contributed by atoms with van der Waals surface area (Å²) in [5, 5.41) is 21.3. The SMILES string of the molecule is CC(C)(C)c1cc(-c2ccc3c(c2-c2ccc(O)c(C(C)(C)C)c2)Cc2ccccc2-3)ccc1O. The van der Waals surface area contributed by atoms with Gasteiger partial charge in [-0.1, -0.05) is 90.1 Å². The minimum absolute atomic E-state index is 0.175. The van der Waals surface area contributed by atoms with Gasteiger partial charge >= 0.3 is 0 Å². The molecule has 0 heterocycles. The summed E-state index contributed by atoms with van der Waals surface area (Å²) >= 11 is 0. The molecule has 178 valence electrons. The quantitative estimate of drug-likeness (QED) is 0.276. The van der Waals surface area contributed by atoms with Crippen LogP contribution in [0.5, 0.6) is 11.5 Å². The average Bonchev–Trinajstić information content (AvgIpc) is 3.16. The van der Waals surface area contributed by atoms with Gasteiger partial charge in [-0.25, -0.2) is 0 Å². The molecule has 0 saturated heterocycles. The number of aromatic hydroxyl groups is 2. The first-order chi connectivity index (χ1) is 16.4. The number of hydrogen-bond donors (Lipinski definition) is 2. The number of rotatable bonds is 2. The Hall–Kier alpha value is -3.52. The first kappa shape index (κ1) is 23.2. The third kappa shape index (κ3) is 4.01. The maximum atomic E-state index is 10.7. The van der Waals surface area contributed by atoms with Gasteiger partial charge in [-0.2, -0.15) is 0 Å². The number of benzene rings is 4. The van der Waals surface area contributed by atoms with E-state index in [1.165, 1.54) is 27.8 Å². The van der Waals surface area contributed by atoms with E-state index in [0.717, 1.165) is 34.2 Å². The summed E-state index contributed by atoms with van der Waals surface area (Å²) in [6, 6.07) is 25.1. The highest BCUT2D eigenvalue weighted by atomic mass is 16.3. The lowest BCUT2D eigenvalue weighted by Gasteiger charge is -2.24. The van der Waals surface area contributed by atoms with Gasteiger partial charge in [-0.3, -0.25) is 0 Å². The van der Waals surface area contributed by atoms with E-state index in [9.17, 15) is 10.2 Å². The molecule has 1 aliphatic carbocycles. The van der Waals surface area contributed by atoms with E-state index in [1.54, 1.807) is 0 Å². The van der Waals surface area contributed by atoms with Gasteiger partial charge in [0.1, 0.15) is 11.5 Å². The Morgan fingerprint density at radius 2 is 1.11 bits per heavy atom. The van der Waals surface area contributed by atoms with Crippen LogP contribution in [-0.4, -0.2) is 10.2 Å². The number of phenolic OH excluding ortho intramolecular Hbond substituents is 2. The molecule has 0 amide bonds. The van der Waals surface area contributed by atoms with E-state index < -0.39 is 0 Å². The molecule has 0 unspecified atom stereocenters. The molecular weight excluding hydrogens is 428 g/mol. The molecule has 0 spiro atoms. The minimum atomic E-state index is -0.181. The van der Waals surface area contributed by atoms with Crippen LogP contribution in [0, 0.1) is 0 Å². The Morgan fingerprint density at radius 3 is 1.74 bits per heavy atom. The zero-order valence-corrected chi connectivity index (χ0v) is 21.5. The summed E-state index contributed by atoms with van der Waals surface area (Å²) in [4.78, 5) is 0. The van der Waals surface area contributed by atoms with Crippen LogP contribution < -0.4 is 0 Å². The maximum Gasteiger partial charge on any atom is 0.119 e. The van der Waals surface area contributed by atoms with E-state index in [1.807, 2.05) is 24.3 Å². The molecule has 35 heavy (non-hydrogen) atoms. The lowest BCUT2D eigenvalue weighted by atomic mass is 9.81. The molecule has 2 heteroatoms. The van der Waals surface area contributed by atoms with Crippen molar-refractivity contribution in [2.45, 2.75) is 58.8 Å². The molecule has 0 bridgehead atoms. The van der Waals surface area contributed by atoms with Crippen LogP contribution in [0.3, 0.4) is 0 Å². The van der Waals surface area contributed by atoms with Crippen LogP contribution in [0.15, 0.2) is 72.8 Å². The Bertz CT molecular complexity index is 1450. The van der Waals surface area contributed by atoms with Gasteiger partial charge in [0.05, 0.1) is 0 Å². The lowest BCUT2D eigenvalue weighted by molar-refractivity contribution is 0.446. The van der Waals surface area contributed by atoms with Gasteiger partial charge in [-0.15, -0.1) is 0 Å². The molecule has 0 saturated carbocycles. The molecule has 0 radical (unpaired) electrons. The van der Waals surface area contributed by atoms with E-state index in [-0.39, 0.29) is 10.8 Å². The maximum absolute atomic E-state index is 10.7. The van der Waals surface area contributed by atoms with E-state index in [4.69, 9.17) is 0 Å². The number of hydrogen-bond acceptors (Lipinski definition) is 2. The summed E-state index contributed by atoms with van der Waals surface area (Å²) in [7, 11) is 0. The molecule has 5 rings (SSSR count). The highest BCUT2D eigenvalue weighted by molar-refractivity contribution is 5.94. The highest BCUT2D eigenvalue weighted by Gasteiger charge is 2.27. The standard InChI is InChI=1S/C33H34O2/c1-32(2,3)27-18-21(11-15-29(27)34)24-13-14-25-23-10-8-7-9-20(23)17-26(25)31(24)22-12-16-30(35)28(19-22)33(4,5)6/h7-16,18-19,34-35H,17H2,1-6H3. The molecule has 4 aromatic rings. The third-order valence-electron chi connectivity index (χ3n) is 7.20. The normalized spacial score (nSPS) is 13.0. The van der Waals surface area contributed by atoms with Crippen LogP contribution in [0.25, 0.3) is 33.4 Å². The van der Waals surface area contributed by atoms with Gasteiger partial charge in [0.15, 0.2) is 0 Å². The van der Waals surface area contributed by atoms with Crippen molar-refractivity contribution in [3.8, 4) is 44.9 Å². The molecule has 4 aromatic carbocycles. The molecular formula is C33H34O2. The van der Waals surface area contributed by atoms with E-state index >= 15 is 0 Å². The first-order valence-corrected chi connectivity index (χ1v) is 12.4. The van der Waals surface area contributed by atoms with Crippen molar-refractivity contribution >= 4 is 0 Å². The Morgan fingerprint density at radius 1 is 0.571 bits per heavy atom. The molecule has 2 N–H and O–H groups in total. The molecule has 0 aliphatic heterocycles. The summed E-state index contributed by atoms with van der Waals surface area (Å²) in [5.74, 6) is 0.661. The topological polar surface area (TPSA) is 40.5 Å². The van der Waals surface area contributed by atoms with Crippen LogP contribution >= 0.6 is 0 Å². The average molecular weight is 463 g/mol. The van der Waals surface area contributed by atoms with Gasteiger partial charge in [0.2, 0.25) is 0 Å². The highest BCUT2D eigenvalue weighted by Crippen LogP contribution is 2.48. The fourth-order valence-electron chi connectivity index (χ4n) is 5.38. The molecule has 0 aromatic heterocycles. The van der Waals surface area contributed by atoms with Crippen LogP contribution in [0.4, 0.5) is 0 Å². The van der Waals surface area contributed by atoms with Crippen molar-refractivity contribution in [3.63, 3.8) is 0 Å². The van der Waals surface area contributed by atoms with Crippen molar-refractivity contribution in [3.05, 3.63) is 95.1 Å². The van der Waals surface area contributed by atoms with Crippen molar-refractivity contribution in [2.75, 3.05) is 0 Å². The Balaban J connectivity index is 1.81. The predicted octanol–water partition coefficient (Wildman–Crippen LogP) is 8.60. The van der Waals surface area contributed by atoms with Crippen molar-refractivity contribution in [1.82, 2.24) is 0 Å². The van der Waals surface area contributed by atoms with E-state index in [0.29, 0.717) is 11.5 Å².